The van der Waals surface area contributed by atoms with Gasteiger partial charge in [-0.1, -0.05) is 36.4 Å². The molecule has 0 spiro atoms. The Morgan fingerprint density at radius 2 is 1.89 bits per heavy atom. The second kappa shape index (κ2) is 8.35. The number of imide groups is 1. The molecule has 0 radical (unpaired) electrons. The van der Waals surface area contributed by atoms with Gasteiger partial charge in [-0.3, -0.25) is 14.9 Å². The van der Waals surface area contributed by atoms with Gasteiger partial charge in [0.25, 0.3) is 5.91 Å². The van der Waals surface area contributed by atoms with E-state index in [9.17, 15) is 14.4 Å². The number of ether oxygens (including phenoxy) is 1. The molecule has 7 nitrogen and oxygen atoms in total. The molecular weight excluding hydrogens is 346 g/mol. The number of methoxy groups -OCH3 is 1. The van der Waals surface area contributed by atoms with Crippen molar-refractivity contribution in [1.82, 2.24) is 16.0 Å². The van der Waals surface area contributed by atoms with E-state index in [1.807, 2.05) is 48.5 Å². The molecule has 0 aromatic heterocycles. The van der Waals surface area contributed by atoms with Crippen LogP contribution < -0.4 is 20.7 Å². The molecule has 4 amide bonds. The van der Waals surface area contributed by atoms with E-state index in [2.05, 4.69) is 16.0 Å². The topological polar surface area (TPSA) is 96.5 Å². The Morgan fingerprint density at radius 1 is 1.11 bits per heavy atom. The van der Waals surface area contributed by atoms with Crippen LogP contribution in [0.4, 0.5) is 4.79 Å². The lowest BCUT2D eigenvalue weighted by molar-refractivity contribution is -0.126. The van der Waals surface area contributed by atoms with Crippen LogP contribution in [0.15, 0.2) is 48.5 Å². The summed E-state index contributed by atoms with van der Waals surface area (Å²) in [5, 5.41) is 7.27. The van der Waals surface area contributed by atoms with E-state index < -0.39 is 18.0 Å². The Hall–Kier alpha value is -3.35. The van der Waals surface area contributed by atoms with E-state index in [1.54, 1.807) is 7.11 Å². The smallest absolute Gasteiger partial charge is 0.322 e. The van der Waals surface area contributed by atoms with E-state index in [0.717, 1.165) is 22.4 Å². The first-order valence-corrected chi connectivity index (χ1v) is 8.66. The molecule has 3 rings (SSSR count). The normalized spacial score (nSPS) is 15.8. The van der Waals surface area contributed by atoms with Crippen molar-refractivity contribution < 1.29 is 19.1 Å². The van der Waals surface area contributed by atoms with Gasteiger partial charge >= 0.3 is 6.03 Å². The van der Waals surface area contributed by atoms with Gasteiger partial charge in [-0.05, 0) is 35.2 Å². The first-order chi connectivity index (χ1) is 13.0. The Balaban J connectivity index is 1.48. The fraction of sp³-hybridized carbons (Fsp3) is 0.250. The fourth-order valence-corrected chi connectivity index (χ4v) is 2.87. The molecule has 1 saturated heterocycles. The van der Waals surface area contributed by atoms with Crippen LogP contribution in [0.5, 0.6) is 5.75 Å². The molecule has 7 heteroatoms. The van der Waals surface area contributed by atoms with Gasteiger partial charge in [0, 0.05) is 6.54 Å². The van der Waals surface area contributed by atoms with Crippen molar-refractivity contribution in [2.24, 2.45) is 0 Å². The molecule has 140 valence electrons. The molecule has 2 aromatic carbocycles. The third-order valence-electron chi connectivity index (χ3n) is 4.34. The molecule has 1 unspecified atom stereocenters. The number of nitrogens with one attached hydrogen (secondary N) is 3. The molecule has 3 N–H and O–H groups in total. The average Bonchev–Trinajstić information content (AvgIpc) is 2.99. The minimum absolute atomic E-state index is 0.0631. The van der Waals surface area contributed by atoms with E-state index in [0.29, 0.717) is 13.0 Å². The minimum Gasteiger partial charge on any atom is -0.497 e. The number of urea groups is 1. The zero-order valence-electron chi connectivity index (χ0n) is 15.0. The van der Waals surface area contributed by atoms with Crippen LogP contribution >= 0.6 is 0 Å². The van der Waals surface area contributed by atoms with Gasteiger partial charge in [0.1, 0.15) is 11.8 Å². The lowest BCUT2D eigenvalue weighted by atomic mass is 10.0. The molecule has 1 heterocycles. The highest BCUT2D eigenvalue weighted by molar-refractivity contribution is 6.05. The van der Waals surface area contributed by atoms with Crippen LogP contribution in [0.1, 0.15) is 12.0 Å². The average molecular weight is 367 g/mol. The van der Waals surface area contributed by atoms with Crippen molar-refractivity contribution in [3.63, 3.8) is 0 Å². The van der Waals surface area contributed by atoms with E-state index in [-0.39, 0.29) is 12.3 Å². The number of amides is 4. The second-order valence-corrected chi connectivity index (χ2v) is 6.25. The number of carbonyl (C=O) groups is 3. The van der Waals surface area contributed by atoms with Gasteiger partial charge in [-0.15, -0.1) is 0 Å². The molecule has 0 aliphatic carbocycles. The van der Waals surface area contributed by atoms with Gasteiger partial charge in [-0.2, -0.15) is 0 Å². The molecule has 27 heavy (non-hydrogen) atoms. The minimum atomic E-state index is -0.792. The van der Waals surface area contributed by atoms with Crippen LogP contribution in [0.25, 0.3) is 11.1 Å². The third kappa shape index (κ3) is 4.84. The van der Waals surface area contributed by atoms with E-state index >= 15 is 0 Å². The number of hydrogen-bond acceptors (Lipinski definition) is 4. The SMILES string of the molecule is COc1cccc(-c2ccc(CCNC(=O)CC3NC(=O)NC3=O)cc2)c1. The molecule has 1 aliphatic heterocycles. The fourth-order valence-electron chi connectivity index (χ4n) is 2.87. The summed E-state index contributed by atoms with van der Waals surface area (Å²) in [6.45, 7) is 0.458. The Morgan fingerprint density at radius 3 is 2.56 bits per heavy atom. The number of benzene rings is 2. The zero-order chi connectivity index (χ0) is 19.2. The predicted octanol–water partition coefficient (Wildman–Crippen LogP) is 1.62. The first kappa shape index (κ1) is 18.4. The van der Waals surface area contributed by atoms with Crippen LogP contribution in [0, 0.1) is 0 Å². The first-order valence-electron chi connectivity index (χ1n) is 8.66. The van der Waals surface area contributed by atoms with E-state index in [1.165, 1.54) is 0 Å². The highest BCUT2D eigenvalue weighted by Gasteiger charge is 2.30. The zero-order valence-corrected chi connectivity index (χ0v) is 15.0. The molecular formula is C20H21N3O4. The van der Waals surface area contributed by atoms with Gasteiger partial charge in [0.05, 0.1) is 13.5 Å². The molecule has 2 aromatic rings. The lowest BCUT2D eigenvalue weighted by Crippen LogP contribution is -2.36. The van der Waals surface area contributed by atoms with E-state index in [4.69, 9.17) is 4.74 Å². The highest BCUT2D eigenvalue weighted by atomic mass is 16.5. The van der Waals surface area contributed by atoms with Crippen molar-refractivity contribution in [3.8, 4) is 16.9 Å². The maximum atomic E-state index is 11.9. The summed E-state index contributed by atoms with van der Waals surface area (Å²) in [6, 6.07) is 14.6. The van der Waals surface area contributed by atoms with Crippen molar-refractivity contribution in [2.75, 3.05) is 13.7 Å². The van der Waals surface area contributed by atoms with Gasteiger partial charge in [-0.25, -0.2) is 4.79 Å². The number of rotatable bonds is 7. The second-order valence-electron chi connectivity index (χ2n) is 6.25. The monoisotopic (exact) mass is 367 g/mol. The summed E-state index contributed by atoms with van der Waals surface area (Å²) in [7, 11) is 1.64. The summed E-state index contributed by atoms with van der Waals surface area (Å²) in [4.78, 5) is 34.3. The third-order valence-corrected chi connectivity index (χ3v) is 4.34. The number of carbonyl (C=O) groups excluding carboxylic acids is 3. The molecule has 0 saturated carbocycles. The van der Waals surface area contributed by atoms with Crippen LogP contribution in [0.3, 0.4) is 0 Å². The summed E-state index contributed by atoms with van der Waals surface area (Å²) >= 11 is 0. The Kier molecular flexibility index (Phi) is 5.71. The quantitative estimate of drug-likeness (QED) is 0.648. The van der Waals surface area contributed by atoms with Gasteiger partial charge < -0.3 is 15.4 Å². The maximum absolute atomic E-state index is 11.9. The summed E-state index contributed by atoms with van der Waals surface area (Å²) in [5.41, 5.74) is 3.25. The van der Waals surface area contributed by atoms with Crippen LogP contribution in [-0.4, -0.2) is 37.5 Å². The molecule has 1 aliphatic rings. The van der Waals surface area contributed by atoms with Gasteiger partial charge in [0.15, 0.2) is 0 Å². The highest BCUT2D eigenvalue weighted by Crippen LogP contribution is 2.24. The van der Waals surface area contributed by atoms with Crippen molar-refractivity contribution >= 4 is 17.8 Å². The lowest BCUT2D eigenvalue weighted by Gasteiger charge is -2.09. The molecule has 1 fully saturated rings. The van der Waals surface area contributed by atoms with Crippen molar-refractivity contribution in [3.05, 3.63) is 54.1 Å². The van der Waals surface area contributed by atoms with Gasteiger partial charge in [0.2, 0.25) is 5.91 Å². The van der Waals surface area contributed by atoms with Crippen LogP contribution in [0.2, 0.25) is 0 Å². The summed E-state index contributed by atoms with van der Waals surface area (Å²) < 4.78 is 5.25. The Labute approximate surface area is 157 Å². The van der Waals surface area contributed by atoms with Crippen molar-refractivity contribution in [1.29, 1.82) is 0 Å². The van der Waals surface area contributed by atoms with Crippen LogP contribution in [-0.2, 0) is 16.0 Å². The molecule has 1 atom stereocenters. The summed E-state index contributed by atoms with van der Waals surface area (Å²) in [6.07, 6.45) is 0.611. The maximum Gasteiger partial charge on any atom is 0.322 e. The molecule has 0 bridgehead atoms. The predicted molar refractivity (Wildman–Crippen MR) is 100 cm³/mol. The summed E-state index contributed by atoms with van der Waals surface area (Å²) in [5.74, 6) is 0.0695. The van der Waals surface area contributed by atoms with Crippen molar-refractivity contribution in [2.45, 2.75) is 18.9 Å². The Bertz CT molecular complexity index is 849. The standard InChI is InChI=1S/C20H21N3O4/c1-27-16-4-2-3-15(11-16)14-7-5-13(6-8-14)9-10-21-18(24)12-17-19(25)23-20(26)22-17/h2-8,11,17H,9-10,12H2,1H3,(H,21,24)(H2,22,23,25,26). The number of hydrogen-bond donors (Lipinski definition) is 3. The largest absolute Gasteiger partial charge is 0.497 e.